The molecule has 1 N–H and O–H groups in total. The number of benzene rings is 2. The second-order valence-electron chi connectivity index (χ2n) is 8.61. The molecule has 0 spiro atoms. The third kappa shape index (κ3) is 5.29. The van der Waals surface area contributed by atoms with E-state index in [1.54, 1.807) is 44.2 Å². The Balaban J connectivity index is 1.55. The number of ether oxygens (including phenoxy) is 2. The Morgan fingerprint density at radius 2 is 1.97 bits per heavy atom. The molecule has 1 fully saturated rings. The maximum Gasteiger partial charge on any atom is 0.336 e. The van der Waals surface area contributed by atoms with Gasteiger partial charge in [-0.1, -0.05) is 31.4 Å². The van der Waals surface area contributed by atoms with Gasteiger partial charge in [-0.2, -0.15) is 5.26 Å². The predicted octanol–water partition coefficient (Wildman–Crippen LogP) is 5.96. The fraction of sp³-hybridized carbons (Fsp3) is 0.370. The van der Waals surface area contributed by atoms with Gasteiger partial charge in [0.1, 0.15) is 23.8 Å². The second kappa shape index (κ2) is 10.5. The van der Waals surface area contributed by atoms with Crippen molar-refractivity contribution in [1.29, 1.82) is 5.26 Å². The first-order valence-corrected chi connectivity index (χ1v) is 11.5. The quantitative estimate of drug-likeness (QED) is 0.442. The minimum absolute atomic E-state index is 0.117. The number of rotatable bonds is 8. The highest BCUT2D eigenvalue weighted by Gasteiger charge is 2.22. The third-order valence-corrected chi connectivity index (χ3v) is 6.20. The first kappa shape index (κ1) is 23.5. The van der Waals surface area contributed by atoms with Crippen LogP contribution in [-0.2, 0) is 18.0 Å². The summed E-state index contributed by atoms with van der Waals surface area (Å²) in [5.41, 5.74) is 3.27. The van der Waals surface area contributed by atoms with Gasteiger partial charge in [-0.15, -0.1) is 0 Å². The first-order chi connectivity index (χ1) is 16.5. The average molecular weight is 461 g/mol. The summed E-state index contributed by atoms with van der Waals surface area (Å²) in [5.74, 6) is 0.476. The highest BCUT2D eigenvalue weighted by Crippen LogP contribution is 2.30. The molecule has 1 saturated carbocycles. The standard InChI is InChI=1S/C27H28N2O5/c1-17-11-12-24(22(25(17)27(30)31)15-32-21-9-4-3-5-10-21)33-16-23-18(2)34-26(29-23)20-8-6-7-19(13-20)14-28/h6-8,11-13,21H,3-5,9-10,15-16H2,1-2H3,(H,30,31). The Morgan fingerprint density at radius 1 is 1.18 bits per heavy atom. The van der Waals surface area contributed by atoms with Crippen LogP contribution in [0.3, 0.4) is 0 Å². The van der Waals surface area contributed by atoms with E-state index in [0.29, 0.717) is 45.3 Å². The van der Waals surface area contributed by atoms with Crippen molar-refractivity contribution >= 4 is 5.97 Å². The Morgan fingerprint density at radius 3 is 2.71 bits per heavy atom. The van der Waals surface area contributed by atoms with Gasteiger partial charge >= 0.3 is 5.97 Å². The summed E-state index contributed by atoms with van der Waals surface area (Å²) in [5, 5.41) is 19.0. The number of hydrogen-bond acceptors (Lipinski definition) is 6. The van der Waals surface area contributed by atoms with Crippen molar-refractivity contribution in [2.24, 2.45) is 0 Å². The largest absolute Gasteiger partial charge is 0.487 e. The van der Waals surface area contributed by atoms with Gasteiger partial charge < -0.3 is 19.0 Å². The molecule has 1 aliphatic rings. The molecule has 176 valence electrons. The molecule has 0 amide bonds. The van der Waals surface area contributed by atoms with Crippen molar-refractivity contribution in [1.82, 2.24) is 4.98 Å². The molecule has 1 heterocycles. The lowest BCUT2D eigenvalue weighted by molar-refractivity contribution is 0.0150. The lowest BCUT2D eigenvalue weighted by Gasteiger charge is -2.23. The second-order valence-corrected chi connectivity index (χ2v) is 8.61. The van der Waals surface area contributed by atoms with Crippen molar-refractivity contribution in [2.75, 3.05) is 0 Å². The van der Waals surface area contributed by atoms with Gasteiger partial charge in [-0.3, -0.25) is 0 Å². The number of carboxylic acid groups (broad SMARTS) is 1. The van der Waals surface area contributed by atoms with E-state index < -0.39 is 5.97 Å². The van der Waals surface area contributed by atoms with Crippen LogP contribution >= 0.6 is 0 Å². The van der Waals surface area contributed by atoms with Gasteiger partial charge in [0, 0.05) is 11.1 Å². The summed E-state index contributed by atoms with van der Waals surface area (Å²) >= 11 is 0. The Kier molecular flexibility index (Phi) is 7.29. The summed E-state index contributed by atoms with van der Waals surface area (Å²) in [6, 6.07) is 12.7. The van der Waals surface area contributed by atoms with E-state index in [-0.39, 0.29) is 24.9 Å². The molecule has 2 aromatic carbocycles. The molecule has 34 heavy (non-hydrogen) atoms. The smallest absolute Gasteiger partial charge is 0.336 e. The zero-order chi connectivity index (χ0) is 24.1. The summed E-state index contributed by atoms with van der Waals surface area (Å²) in [4.78, 5) is 16.6. The van der Waals surface area contributed by atoms with E-state index in [9.17, 15) is 9.90 Å². The number of aromatic carboxylic acids is 1. The zero-order valence-corrected chi connectivity index (χ0v) is 19.5. The van der Waals surface area contributed by atoms with Crippen molar-refractivity contribution < 1.29 is 23.8 Å². The van der Waals surface area contributed by atoms with E-state index in [1.165, 1.54) is 6.42 Å². The number of nitrogens with zero attached hydrogens (tertiary/aromatic N) is 2. The minimum atomic E-state index is -0.998. The molecular weight excluding hydrogens is 432 g/mol. The molecule has 4 rings (SSSR count). The van der Waals surface area contributed by atoms with Crippen molar-refractivity contribution in [2.45, 2.75) is 65.3 Å². The first-order valence-electron chi connectivity index (χ1n) is 11.5. The summed E-state index contributed by atoms with van der Waals surface area (Å²) < 4.78 is 18.0. The lowest BCUT2D eigenvalue weighted by Crippen LogP contribution is -2.18. The number of hydrogen-bond donors (Lipinski definition) is 1. The van der Waals surface area contributed by atoms with Crippen LogP contribution in [0.25, 0.3) is 11.5 Å². The predicted molar refractivity (Wildman–Crippen MR) is 126 cm³/mol. The maximum absolute atomic E-state index is 12.0. The van der Waals surface area contributed by atoms with Gasteiger partial charge in [-0.05, 0) is 56.5 Å². The van der Waals surface area contributed by atoms with Crippen LogP contribution in [0.4, 0.5) is 0 Å². The molecule has 0 aliphatic heterocycles. The number of nitriles is 1. The van der Waals surface area contributed by atoms with Gasteiger partial charge in [0.05, 0.1) is 29.9 Å². The molecule has 3 aromatic rings. The highest BCUT2D eigenvalue weighted by molar-refractivity contribution is 5.92. The molecule has 1 aliphatic carbocycles. The normalized spacial score (nSPS) is 14.0. The average Bonchev–Trinajstić information content (AvgIpc) is 3.22. The van der Waals surface area contributed by atoms with Crippen molar-refractivity contribution in [3.8, 4) is 23.3 Å². The van der Waals surface area contributed by atoms with Crippen LogP contribution in [0, 0.1) is 25.2 Å². The molecule has 0 atom stereocenters. The molecule has 0 saturated heterocycles. The topological polar surface area (TPSA) is 106 Å². The van der Waals surface area contributed by atoms with Gasteiger partial charge in [0.15, 0.2) is 0 Å². The molecule has 0 radical (unpaired) electrons. The fourth-order valence-electron chi connectivity index (χ4n) is 4.31. The van der Waals surface area contributed by atoms with E-state index in [2.05, 4.69) is 11.1 Å². The Bertz CT molecular complexity index is 1220. The SMILES string of the molecule is Cc1ccc(OCc2nc(-c3cccc(C#N)c3)oc2C)c(COC2CCCCC2)c1C(=O)O. The lowest BCUT2D eigenvalue weighted by atomic mass is 9.97. The highest BCUT2D eigenvalue weighted by atomic mass is 16.5. The van der Waals surface area contributed by atoms with E-state index in [1.807, 2.05) is 6.07 Å². The number of carbonyl (C=O) groups is 1. The van der Waals surface area contributed by atoms with Crippen LogP contribution in [0.5, 0.6) is 5.75 Å². The van der Waals surface area contributed by atoms with E-state index >= 15 is 0 Å². The zero-order valence-electron chi connectivity index (χ0n) is 19.5. The number of aromatic nitrogens is 1. The van der Waals surface area contributed by atoms with Crippen molar-refractivity contribution in [3.63, 3.8) is 0 Å². The molecular formula is C27H28N2O5. The summed E-state index contributed by atoms with van der Waals surface area (Å²) in [6.45, 7) is 3.88. The Hall–Kier alpha value is -3.63. The number of carboxylic acids is 1. The molecule has 7 nitrogen and oxygen atoms in total. The summed E-state index contributed by atoms with van der Waals surface area (Å²) in [6.07, 6.45) is 5.64. The minimum Gasteiger partial charge on any atom is -0.487 e. The van der Waals surface area contributed by atoms with Crippen molar-refractivity contribution in [3.05, 3.63) is 70.1 Å². The van der Waals surface area contributed by atoms with E-state index in [0.717, 1.165) is 25.7 Å². The van der Waals surface area contributed by atoms with Gasteiger partial charge in [-0.25, -0.2) is 9.78 Å². The molecule has 7 heteroatoms. The van der Waals surface area contributed by atoms with Crippen LogP contribution in [0.1, 0.15) is 70.6 Å². The molecule has 0 bridgehead atoms. The Labute approximate surface area is 199 Å². The molecule has 1 aromatic heterocycles. The third-order valence-electron chi connectivity index (χ3n) is 6.20. The van der Waals surface area contributed by atoms with Crippen LogP contribution in [-0.4, -0.2) is 22.2 Å². The van der Waals surface area contributed by atoms with Gasteiger partial charge in [0.2, 0.25) is 5.89 Å². The monoisotopic (exact) mass is 460 g/mol. The number of oxazole rings is 1. The van der Waals surface area contributed by atoms with Crippen LogP contribution < -0.4 is 4.74 Å². The maximum atomic E-state index is 12.0. The van der Waals surface area contributed by atoms with Crippen LogP contribution in [0.15, 0.2) is 40.8 Å². The fourth-order valence-corrected chi connectivity index (χ4v) is 4.31. The van der Waals surface area contributed by atoms with Gasteiger partial charge in [0.25, 0.3) is 0 Å². The number of aryl methyl sites for hydroxylation is 2. The van der Waals surface area contributed by atoms with E-state index in [4.69, 9.17) is 19.2 Å². The molecule has 0 unspecified atom stereocenters. The van der Waals surface area contributed by atoms with Crippen LogP contribution in [0.2, 0.25) is 0 Å². The summed E-state index contributed by atoms with van der Waals surface area (Å²) in [7, 11) is 0.